The first-order chi connectivity index (χ1) is 13.1. The fraction of sp³-hybridized carbons (Fsp3) is 0.667. The van der Waals surface area contributed by atoms with E-state index in [4.69, 9.17) is 15.5 Å². The van der Waals surface area contributed by atoms with E-state index in [0.29, 0.717) is 5.96 Å². The molecule has 6 nitrogen and oxygen atoms in total. The number of rotatable bonds is 4. The topological polar surface area (TPSA) is 66.1 Å². The van der Waals surface area contributed by atoms with Crippen LogP contribution in [0, 0.1) is 0 Å². The van der Waals surface area contributed by atoms with Gasteiger partial charge in [-0.1, -0.05) is 6.07 Å². The fourth-order valence-electron chi connectivity index (χ4n) is 4.72. The van der Waals surface area contributed by atoms with Crippen molar-refractivity contribution < 1.29 is 4.74 Å². The monoisotopic (exact) mass is 371 g/mol. The van der Waals surface area contributed by atoms with Gasteiger partial charge in [0.15, 0.2) is 5.96 Å². The quantitative estimate of drug-likeness (QED) is 0.623. The highest BCUT2D eigenvalue weighted by Gasteiger charge is 2.39. The minimum atomic E-state index is 0.112. The summed E-state index contributed by atoms with van der Waals surface area (Å²) in [5.74, 6) is 0.527. The molecule has 1 aromatic carbocycles. The Bertz CT molecular complexity index is 675. The van der Waals surface area contributed by atoms with Gasteiger partial charge in [0.1, 0.15) is 0 Å². The molecular weight excluding hydrogens is 338 g/mol. The fourth-order valence-corrected chi connectivity index (χ4v) is 4.72. The van der Waals surface area contributed by atoms with Crippen molar-refractivity contribution in [3.63, 3.8) is 0 Å². The molecule has 3 aliphatic rings. The zero-order chi connectivity index (χ0) is 18.7. The highest BCUT2D eigenvalue weighted by molar-refractivity contribution is 5.92. The summed E-state index contributed by atoms with van der Waals surface area (Å²) in [7, 11) is 2.20. The van der Waals surface area contributed by atoms with Crippen molar-refractivity contribution in [3.8, 4) is 0 Å². The summed E-state index contributed by atoms with van der Waals surface area (Å²) in [5, 5.41) is 3.31. The molecule has 2 aliphatic heterocycles. The number of hydrogen-bond acceptors (Lipinski definition) is 4. The Morgan fingerprint density at radius 3 is 2.67 bits per heavy atom. The Labute approximate surface area is 162 Å². The Kier molecular flexibility index (Phi) is 5.66. The predicted molar refractivity (Wildman–Crippen MR) is 110 cm³/mol. The summed E-state index contributed by atoms with van der Waals surface area (Å²) in [6.07, 6.45) is 5.92. The lowest BCUT2D eigenvalue weighted by molar-refractivity contribution is -0.0411. The third-order valence-electron chi connectivity index (χ3n) is 6.51. The number of anilines is 1. The van der Waals surface area contributed by atoms with E-state index < -0.39 is 0 Å². The van der Waals surface area contributed by atoms with Crippen LogP contribution in [-0.2, 0) is 17.6 Å². The minimum absolute atomic E-state index is 0.112. The van der Waals surface area contributed by atoms with Crippen molar-refractivity contribution in [3.05, 3.63) is 29.3 Å². The molecule has 3 N–H and O–H groups in total. The normalized spacial score (nSPS) is 24.0. The summed E-state index contributed by atoms with van der Waals surface area (Å²) in [4.78, 5) is 9.80. The molecule has 6 heteroatoms. The summed E-state index contributed by atoms with van der Waals surface area (Å²) in [6.45, 7) is 6.63. The van der Waals surface area contributed by atoms with Gasteiger partial charge in [0.2, 0.25) is 0 Å². The van der Waals surface area contributed by atoms with Crippen molar-refractivity contribution in [1.29, 1.82) is 0 Å². The van der Waals surface area contributed by atoms with Gasteiger partial charge in [-0.25, -0.2) is 0 Å². The number of nitrogens with two attached hydrogens (primary N) is 1. The third kappa shape index (κ3) is 4.28. The number of nitrogens with one attached hydrogen (secondary N) is 1. The van der Waals surface area contributed by atoms with Gasteiger partial charge >= 0.3 is 0 Å². The van der Waals surface area contributed by atoms with Gasteiger partial charge < -0.3 is 20.7 Å². The molecule has 0 saturated carbocycles. The van der Waals surface area contributed by atoms with E-state index in [1.165, 1.54) is 30.4 Å². The average Bonchev–Trinajstić information content (AvgIpc) is 3.16. The maximum Gasteiger partial charge on any atom is 0.193 e. The SMILES string of the molecule is CN1CCC(CN=C(N)Nc2ccc3c(c2)CCC3)(N2CCOCC2)CC1. The number of guanidine groups is 1. The molecule has 0 radical (unpaired) electrons. The molecule has 148 valence electrons. The van der Waals surface area contributed by atoms with Crippen molar-refractivity contribution >= 4 is 11.6 Å². The first-order valence-corrected chi connectivity index (χ1v) is 10.3. The van der Waals surface area contributed by atoms with Gasteiger partial charge in [0.25, 0.3) is 0 Å². The van der Waals surface area contributed by atoms with Crippen LogP contribution in [0.25, 0.3) is 0 Å². The molecule has 0 aromatic heterocycles. The highest BCUT2D eigenvalue weighted by Crippen LogP contribution is 2.30. The Hall–Kier alpha value is -1.63. The summed E-state index contributed by atoms with van der Waals surface area (Å²) < 4.78 is 5.57. The summed E-state index contributed by atoms with van der Waals surface area (Å²) in [5.41, 5.74) is 10.4. The molecule has 4 rings (SSSR count). The Morgan fingerprint density at radius 1 is 1.15 bits per heavy atom. The summed E-state index contributed by atoms with van der Waals surface area (Å²) >= 11 is 0. The van der Waals surface area contributed by atoms with Crippen LogP contribution in [0.3, 0.4) is 0 Å². The molecule has 0 atom stereocenters. The van der Waals surface area contributed by atoms with Crippen LogP contribution in [0.2, 0.25) is 0 Å². The van der Waals surface area contributed by atoms with E-state index in [1.54, 1.807) is 0 Å². The molecule has 1 aromatic rings. The number of aliphatic imine (C=N–C) groups is 1. The van der Waals surface area contributed by atoms with Crippen LogP contribution >= 0.6 is 0 Å². The molecule has 2 fully saturated rings. The molecule has 27 heavy (non-hydrogen) atoms. The lowest BCUT2D eigenvalue weighted by Crippen LogP contribution is -2.59. The van der Waals surface area contributed by atoms with E-state index >= 15 is 0 Å². The molecule has 2 heterocycles. The third-order valence-corrected chi connectivity index (χ3v) is 6.51. The maximum absolute atomic E-state index is 6.27. The van der Waals surface area contributed by atoms with Crippen LogP contribution < -0.4 is 11.1 Å². The van der Waals surface area contributed by atoms with Gasteiger partial charge in [0, 0.05) is 24.3 Å². The largest absolute Gasteiger partial charge is 0.379 e. The van der Waals surface area contributed by atoms with E-state index in [-0.39, 0.29) is 5.54 Å². The maximum atomic E-state index is 6.27. The molecular formula is C21H33N5O. The highest BCUT2D eigenvalue weighted by atomic mass is 16.5. The van der Waals surface area contributed by atoms with E-state index in [1.807, 2.05) is 0 Å². The van der Waals surface area contributed by atoms with E-state index in [2.05, 4.69) is 40.4 Å². The Balaban J connectivity index is 1.44. The van der Waals surface area contributed by atoms with Gasteiger partial charge in [-0.2, -0.15) is 0 Å². The van der Waals surface area contributed by atoms with E-state index in [9.17, 15) is 0 Å². The van der Waals surface area contributed by atoms with E-state index in [0.717, 1.165) is 64.5 Å². The molecule has 0 unspecified atom stereocenters. The molecule has 2 saturated heterocycles. The van der Waals surface area contributed by atoms with Crippen molar-refractivity contribution in [2.75, 3.05) is 58.3 Å². The first kappa shape index (κ1) is 18.7. The zero-order valence-electron chi connectivity index (χ0n) is 16.5. The molecule has 0 spiro atoms. The second-order valence-corrected chi connectivity index (χ2v) is 8.29. The first-order valence-electron chi connectivity index (χ1n) is 10.3. The van der Waals surface area contributed by atoms with Gasteiger partial charge in [-0.3, -0.25) is 9.89 Å². The molecule has 0 amide bonds. The number of ether oxygens (including phenoxy) is 1. The van der Waals surface area contributed by atoms with Crippen LogP contribution in [0.1, 0.15) is 30.4 Å². The van der Waals surface area contributed by atoms with Crippen molar-refractivity contribution in [2.24, 2.45) is 10.7 Å². The van der Waals surface area contributed by atoms with Crippen LogP contribution in [-0.4, -0.2) is 74.3 Å². The van der Waals surface area contributed by atoms with Gasteiger partial charge in [-0.15, -0.1) is 0 Å². The lowest BCUT2D eigenvalue weighted by Gasteiger charge is -2.49. The standard InChI is InChI=1S/C21H33N5O/c1-25-9-7-21(8-10-25,26-11-13-27-14-12-26)16-23-20(22)24-19-6-5-17-3-2-4-18(17)15-19/h5-6,15H,2-4,7-14,16H2,1H3,(H3,22,23,24). The Morgan fingerprint density at radius 2 is 1.89 bits per heavy atom. The number of piperidine rings is 1. The second kappa shape index (κ2) is 8.17. The van der Waals surface area contributed by atoms with Crippen LogP contribution in [0.5, 0.6) is 0 Å². The number of fused-ring (bicyclic) bond motifs is 1. The van der Waals surface area contributed by atoms with Crippen molar-refractivity contribution in [1.82, 2.24) is 9.80 Å². The van der Waals surface area contributed by atoms with Crippen molar-refractivity contribution in [2.45, 2.75) is 37.6 Å². The molecule has 1 aliphatic carbocycles. The predicted octanol–water partition coefficient (Wildman–Crippen LogP) is 1.70. The van der Waals surface area contributed by atoms with Crippen LogP contribution in [0.4, 0.5) is 5.69 Å². The number of likely N-dealkylation sites (tertiary alicyclic amines) is 1. The van der Waals surface area contributed by atoms with Crippen LogP contribution in [0.15, 0.2) is 23.2 Å². The zero-order valence-corrected chi connectivity index (χ0v) is 16.5. The lowest BCUT2D eigenvalue weighted by atomic mass is 9.85. The number of benzene rings is 1. The number of nitrogens with zero attached hydrogens (tertiary/aromatic N) is 3. The average molecular weight is 372 g/mol. The number of hydrogen-bond donors (Lipinski definition) is 2. The summed E-state index contributed by atoms with van der Waals surface area (Å²) in [6, 6.07) is 6.59. The smallest absolute Gasteiger partial charge is 0.193 e. The molecule has 0 bridgehead atoms. The minimum Gasteiger partial charge on any atom is -0.379 e. The number of aryl methyl sites for hydroxylation is 2. The second-order valence-electron chi connectivity index (χ2n) is 8.29. The number of morpholine rings is 1. The van der Waals surface area contributed by atoms with Gasteiger partial charge in [-0.05, 0) is 75.5 Å². The van der Waals surface area contributed by atoms with Gasteiger partial charge in [0.05, 0.1) is 19.8 Å².